The van der Waals surface area contributed by atoms with Crippen LogP contribution in [0.25, 0.3) is 11.6 Å². The highest BCUT2D eigenvalue weighted by molar-refractivity contribution is 7.98. The van der Waals surface area contributed by atoms with Gasteiger partial charge >= 0.3 is 0 Å². The van der Waals surface area contributed by atoms with Gasteiger partial charge in [-0.1, -0.05) is 17.8 Å². The highest BCUT2D eigenvalue weighted by Crippen LogP contribution is 2.27. The number of aromatic nitrogens is 3. The summed E-state index contributed by atoms with van der Waals surface area (Å²) in [5, 5.41) is 17.8. The fourth-order valence-corrected chi connectivity index (χ4v) is 3.13. The van der Waals surface area contributed by atoms with E-state index in [4.69, 9.17) is 9.68 Å². The van der Waals surface area contributed by atoms with Crippen LogP contribution < -0.4 is 0 Å². The fourth-order valence-electron chi connectivity index (χ4n) is 2.14. The van der Waals surface area contributed by atoms with Crippen molar-refractivity contribution in [2.24, 2.45) is 0 Å². The number of thioether (sulfide) groups is 1. The summed E-state index contributed by atoms with van der Waals surface area (Å²) in [7, 11) is 0. The molecule has 0 aliphatic carbocycles. The number of hydrogen-bond donors (Lipinski definition) is 0. The molecule has 0 fully saturated rings. The summed E-state index contributed by atoms with van der Waals surface area (Å²) in [6, 6.07) is 10.0. The smallest absolute Gasteiger partial charge is 0.200 e. The SMILES string of the molecule is CCn1c(SCc2ccc(C#N)cc2F)nnc1-c1ccco1. The van der Waals surface area contributed by atoms with Crippen molar-refractivity contribution in [3.63, 3.8) is 0 Å². The lowest BCUT2D eigenvalue weighted by molar-refractivity contribution is 0.567. The minimum absolute atomic E-state index is 0.313. The van der Waals surface area contributed by atoms with Crippen molar-refractivity contribution >= 4 is 11.8 Å². The van der Waals surface area contributed by atoms with Gasteiger partial charge in [0.1, 0.15) is 5.82 Å². The highest BCUT2D eigenvalue weighted by atomic mass is 32.2. The van der Waals surface area contributed by atoms with Gasteiger partial charge in [0.15, 0.2) is 16.7 Å². The van der Waals surface area contributed by atoms with E-state index in [0.29, 0.717) is 40.2 Å². The average Bonchev–Trinajstić information content (AvgIpc) is 3.22. The number of halogens is 1. The van der Waals surface area contributed by atoms with E-state index in [2.05, 4.69) is 10.2 Å². The average molecular weight is 328 g/mol. The Morgan fingerprint density at radius 2 is 2.22 bits per heavy atom. The first-order valence-corrected chi connectivity index (χ1v) is 8.00. The normalized spacial score (nSPS) is 10.7. The van der Waals surface area contributed by atoms with Gasteiger partial charge < -0.3 is 4.42 Å². The molecule has 5 nitrogen and oxygen atoms in total. The highest BCUT2D eigenvalue weighted by Gasteiger charge is 2.15. The molecule has 3 aromatic rings. The topological polar surface area (TPSA) is 67.6 Å². The summed E-state index contributed by atoms with van der Waals surface area (Å²) in [5.74, 6) is 1.33. The predicted octanol–water partition coefficient (Wildman–Crippen LogP) is 3.86. The summed E-state index contributed by atoms with van der Waals surface area (Å²) in [6.07, 6.45) is 1.59. The van der Waals surface area contributed by atoms with Crippen LogP contribution in [-0.2, 0) is 12.3 Å². The lowest BCUT2D eigenvalue weighted by Gasteiger charge is -2.06. The maximum atomic E-state index is 13.9. The fraction of sp³-hybridized carbons (Fsp3) is 0.188. The molecule has 2 heterocycles. The Balaban J connectivity index is 1.80. The van der Waals surface area contributed by atoms with Gasteiger partial charge in [-0.25, -0.2) is 4.39 Å². The van der Waals surface area contributed by atoms with Crippen molar-refractivity contribution < 1.29 is 8.81 Å². The molecule has 23 heavy (non-hydrogen) atoms. The first kappa shape index (κ1) is 15.3. The van der Waals surface area contributed by atoms with Crippen LogP contribution in [-0.4, -0.2) is 14.8 Å². The molecular weight excluding hydrogens is 315 g/mol. The molecule has 0 amide bonds. The van der Waals surface area contributed by atoms with Crippen LogP contribution in [0, 0.1) is 17.1 Å². The molecule has 116 valence electrons. The lowest BCUT2D eigenvalue weighted by Crippen LogP contribution is -1.99. The molecule has 0 bridgehead atoms. The zero-order chi connectivity index (χ0) is 16.2. The molecule has 0 atom stereocenters. The van der Waals surface area contributed by atoms with E-state index < -0.39 is 0 Å². The Hall–Kier alpha value is -2.59. The maximum absolute atomic E-state index is 13.9. The quantitative estimate of drug-likeness (QED) is 0.665. The van der Waals surface area contributed by atoms with Crippen LogP contribution in [0.3, 0.4) is 0 Å². The summed E-state index contributed by atoms with van der Waals surface area (Å²) in [6.45, 7) is 2.67. The molecule has 0 saturated heterocycles. The largest absolute Gasteiger partial charge is 0.461 e. The molecule has 0 N–H and O–H groups in total. The Kier molecular flexibility index (Phi) is 4.44. The molecule has 0 aliphatic rings. The van der Waals surface area contributed by atoms with Crippen LogP contribution in [0.5, 0.6) is 0 Å². The minimum Gasteiger partial charge on any atom is -0.461 e. The van der Waals surface area contributed by atoms with E-state index >= 15 is 0 Å². The summed E-state index contributed by atoms with van der Waals surface area (Å²) in [5.41, 5.74) is 0.840. The van der Waals surface area contributed by atoms with Crippen LogP contribution in [0.1, 0.15) is 18.1 Å². The second kappa shape index (κ2) is 6.67. The summed E-state index contributed by atoms with van der Waals surface area (Å²) in [4.78, 5) is 0. The minimum atomic E-state index is -0.384. The molecular formula is C16H13FN4OS. The maximum Gasteiger partial charge on any atom is 0.200 e. The Morgan fingerprint density at radius 1 is 1.35 bits per heavy atom. The number of nitrogens with zero attached hydrogens (tertiary/aromatic N) is 4. The van der Waals surface area contributed by atoms with Crippen molar-refractivity contribution in [1.29, 1.82) is 5.26 Å². The zero-order valence-electron chi connectivity index (χ0n) is 12.4. The van der Waals surface area contributed by atoms with Gasteiger partial charge in [-0.15, -0.1) is 10.2 Å². The number of hydrogen-bond acceptors (Lipinski definition) is 5. The van der Waals surface area contributed by atoms with Gasteiger partial charge in [0, 0.05) is 12.3 Å². The second-order valence-electron chi connectivity index (χ2n) is 4.73. The molecule has 2 aromatic heterocycles. The molecule has 3 rings (SSSR count). The van der Waals surface area contributed by atoms with E-state index in [1.54, 1.807) is 24.5 Å². The number of benzene rings is 1. The molecule has 0 saturated carbocycles. The summed E-state index contributed by atoms with van der Waals surface area (Å²) < 4.78 is 21.2. The molecule has 7 heteroatoms. The van der Waals surface area contributed by atoms with Gasteiger partial charge in [0.25, 0.3) is 0 Å². The Morgan fingerprint density at radius 3 is 2.87 bits per heavy atom. The van der Waals surface area contributed by atoms with E-state index in [1.165, 1.54) is 17.8 Å². The van der Waals surface area contributed by atoms with Gasteiger partial charge in [0.2, 0.25) is 0 Å². The van der Waals surface area contributed by atoms with Crippen LogP contribution in [0.15, 0.2) is 46.2 Å². The third kappa shape index (κ3) is 3.12. The molecule has 0 radical (unpaired) electrons. The predicted molar refractivity (Wildman–Crippen MR) is 84.1 cm³/mol. The van der Waals surface area contributed by atoms with Crippen molar-refractivity contribution in [3.8, 4) is 17.7 Å². The molecule has 0 spiro atoms. The third-order valence-electron chi connectivity index (χ3n) is 3.31. The van der Waals surface area contributed by atoms with Crippen molar-refractivity contribution in [2.45, 2.75) is 24.4 Å². The van der Waals surface area contributed by atoms with E-state index in [9.17, 15) is 4.39 Å². The van der Waals surface area contributed by atoms with Crippen molar-refractivity contribution in [2.75, 3.05) is 0 Å². The van der Waals surface area contributed by atoms with Crippen molar-refractivity contribution in [3.05, 3.63) is 53.5 Å². The van der Waals surface area contributed by atoms with Gasteiger partial charge in [0.05, 0.1) is 17.9 Å². The summed E-state index contributed by atoms with van der Waals surface area (Å²) >= 11 is 1.40. The van der Waals surface area contributed by atoms with Crippen LogP contribution in [0.2, 0.25) is 0 Å². The lowest BCUT2D eigenvalue weighted by atomic mass is 10.1. The Labute approximate surface area is 136 Å². The van der Waals surface area contributed by atoms with E-state index in [0.717, 1.165) is 0 Å². The zero-order valence-corrected chi connectivity index (χ0v) is 13.2. The molecule has 1 aromatic carbocycles. The first-order chi connectivity index (χ1) is 11.2. The van der Waals surface area contributed by atoms with Gasteiger partial charge in [-0.2, -0.15) is 5.26 Å². The van der Waals surface area contributed by atoms with Crippen LogP contribution in [0.4, 0.5) is 4.39 Å². The molecule has 0 unspecified atom stereocenters. The molecule has 0 aliphatic heterocycles. The second-order valence-corrected chi connectivity index (χ2v) is 5.68. The standard InChI is InChI=1S/C16H13FN4OS/c1-2-21-15(14-4-3-7-22-14)19-20-16(21)23-10-12-6-5-11(9-18)8-13(12)17/h3-8H,2,10H2,1H3. The number of furan rings is 1. The third-order valence-corrected chi connectivity index (χ3v) is 4.33. The van der Waals surface area contributed by atoms with E-state index in [1.807, 2.05) is 23.6 Å². The number of nitriles is 1. The number of rotatable bonds is 5. The Bertz CT molecular complexity index is 852. The van der Waals surface area contributed by atoms with Gasteiger partial charge in [-0.05, 0) is 36.8 Å². The monoisotopic (exact) mass is 328 g/mol. The van der Waals surface area contributed by atoms with Crippen LogP contribution >= 0.6 is 11.8 Å². The van der Waals surface area contributed by atoms with Crippen molar-refractivity contribution in [1.82, 2.24) is 14.8 Å². The first-order valence-electron chi connectivity index (χ1n) is 7.01. The van der Waals surface area contributed by atoms with Gasteiger partial charge in [-0.3, -0.25) is 4.57 Å². The van der Waals surface area contributed by atoms with E-state index in [-0.39, 0.29) is 5.82 Å².